The first-order valence-corrected chi connectivity index (χ1v) is 8.84. The number of aryl methyl sites for hydroxylation is 2. The molecule has 0 aromatic carbocycles. The number of rotatable bonds is 5. The molecule has 1 N–H and O–H groups in total. The highest BCUT2D eigenvalue weighted by molar-refractivity contribution is 7.11. The highest BCUT2D eigenvalue weighted by atomic mass is 32.1. The molecule has 0 radical (unpaired) electrons. The van der Waals surface area contributed by atoms with Crippen molar-refractivity contribution < 1.29 is 4.79 Å². The Morgan fingerprint density at radius 1 is 1.35 bits per heavy atom. The molecular weight excluding hydrogens is 308 g/mol. The molecule has 0 fully saturated rings. The number of carbonyl (C=O) groups excluding carboxylic acids is 1. The summed E-state index contributed by atoms with van der Waals surface area (Å²) in [6, 6.07) is 3.54. The van der Waals surface area contributed by atoms with Crippen LogP contribution in [0.15, 0.2) is 18.3 Å². The van der Waals surface area contributed by atoms with E-state index in [9.17, 15) is 4.79 Å². The zero-order chi connectivity index (χ0) is 16.2. The van der Waals surface area contributed by atoms with Crippen LogP contribution in [-0.4, -0.2) is 36.5 Å². The summed E-state index contributed by atoms with van der Waals surface area (Å²) in [7, 11) is 3.82. The maximum absolute atomic E-state index is 12.2. The first-order valence-electron chi connectivity index (χ1n) is 8.02. The first kappa shape index (κ1) is 15.9. The maximum atomic E-state index is 12.2. The smallest absolute Gasteiger partial charge is 0.251 e. The summed E-state index contributed by atoms with van der Waals surface area (Å²) in [4.78, 5) is 24.5. The summed E-state index contributed by atoms with van der Waals surface area (Å²) >= 11 is 1.81. The van der Waals surface area contributed by atoms with Crippen molar-refractivity contribution in [3.05, 3.63) is 39.5 Å². The van der Waals surface area contributed by atoms with E-state index in [0.29, 0.717) is 12.1 Å². The van der Waals surface area contributed by atoms with Gasteiger partial charge in [0.15, 0.2) is 0 Å². The highest BCUT2D eigenvalue weighted by Crippen LogP contribution is 2.26. The molecule has 0 aliphatic heterocycles. The van der Waals surface area contributed by atoms with Crippen molar-refractivity contribution in [3.63, 3.8) is 0 Å². The van der Waals surface area contributed by atoms with Crippen LogP contribution in [0.4, 0.5) is 5.82 Å². The van der Waals surface area contributed by atoms with Gasteiger partial charge in [-0.1, -0.05) is 0 Å². The van der Waals surface area contributed by atoms with Crippen LogP contribution in [0.2, 0.25) is 0 Å². The number of thiazole rings is 1. The Bertz CT molecular complexity index is 672. The molecule has 1 amide bonds. The number of amides is 1. The summed E-state index contributed by atoms with van der Waals surface area (Å²) < 4.78 is 0. The number of pyridine rings is 1. The highest BCUT2D eigenvalue weighted by Gasteiger charge is 2.15. The Morgan fingerprint density at radius 2 is 2.17 bits per heavy atom. The third-order valence-corrected chi connectivity index (χ3v) is 5.20. The van der Waals surface area contributed by atoms with Crippen molar-refractivity contribution in [1.29, 1.82) is 0 Å². The summed E-state index contributed by atoms with van der Waals surface area (Å²) in [6.45, 7) is 0.616. The van der Waals surface area contributed by atoms with Crippen molar-refractivity contribution in [3.8, 4) is 0 Å². The fourth-order valence-corrected chi connectivity index (χ4v) is 3.86. The number of hydrogen-bond acceptors (Lipinski definition) is 5. The molecular formula is C17H22N4OS. The molecule has 5 nitrogen and oxygen atoms in total. The fourth-order valence-electron chi connectivity index (χ4n) is 2.70. The number of hydrogen-bond donors (Lipinski definition) is 1. The Morgan fingerprint density at radius 3 is 2.96 bits per heavy atom. The van der Waals surface area contributed by atoms with Gasteiger partial charge in [0.05, 0.1) is 10.7 Å². The second-order valence-corrected chi connectivity index (χ2v) is 7.16. The average molecular weight is 330 g/mol. The molecule has 0 spiro atoms. The summed E-state index contributed by atoms with van der Waals surface area (Å²) in [5.74, 6) is 0.724. The van der Waals surface area contributed by atoms with Gasteiger partial charge in [-0.15, -0.1) is 11.3 Å². The Balaban J connectivity index is 1.55. The summed E-state index contributed by atoms with van der Waals surface area (Å²) in [5.41, 5.74) is 1.93. The van der Waals surface area contributed by atoms with E-state index in [1.165, 1.54) is 29.8 Å². The predicted molar refractivity (Wildman–Crippen MR) is 93.4 cm³/mol. The minimum Gasteiger partial charge on any atom is -0.363 e. The zero-order valence-corrected chi connectivity index (χ0v) is 14.4. The van der Waals surface area contributed by atoms with Gasteiger partial charge in [-0.05, 0) is 37.8 Å². The van der Waals surface area contributed by atoms with E-state index >= 15 is 0 Å². The molecule has 0 unspecified atom stereocenters. The molecule has 1 aliphatic carbocycles. The maximum Gasteiger partial charge on any atom is 0.251 e. The topological polar surface area (TPSA) is 58.1 Å². The Hall–Kier alpha value is -1.95. The van der Waals surface area contributed by atoms with Crippen molar-refractivity contribution in [1.82, 2.24) is 15.3 Å². The van der Waals surface area contributed by atoms with Crippen LogP contribution < -0.4 is 10.2 Å². The molecule has 122 valence electrons. The van der Waals surface area contributed by atoms with Crippen molar-refractivity contribution in [2.75, 3.05) is 25.5 Å². The number of fused-ring (bicyclic) bond motifs is 1. The Labute approximate surface area is 140 Å². The fraction of sp³-hybridized carbons (Fsp3) is 0.471. The number of anilines is 1. The molecule has 2 heterocycles. The largest absolute Gasteiger partial charge is 0.363 e. The van der Waals surface area contributed by atoms with Crippen LogP contribution in [0.3, 0.4) is 0 Å². The minimum atomic E-state index is -0.0585. The molecule has 0 saturated carbocycles. The van der Waals surface area contributed by atoms with Crippen LogP contribution in [0.25, 0.3) is 0 Å². The van der Waals surface area contributed by atoms with Gasteiger partial charge < -0.3 is 10.2 Å². The molecule has 2 aromatic rings. The third-order valence-electron chi connectivity index (χ3n) is 3.98. The molecule has 1 aliphatic rings. The van der Waals surface area contributed by atoms with Gasteiger partial charge in [-0.3, -0.25) is 4.79 Å². The van der Waals surface area contributed by atoms with Gasteiger partial charge in [0.2, 0.25) is 0 Å². The number of carbonyl (C=O) groups is 1. The lowest BCUT2D eigenvalue weighted by Gasteiger charge is -2.12. The number of nitrogens with one attached hydrogen (secondary N) is 1. The van der Waals surface area contributed by atoms with Gasteiger partial charge >= 0.3 is 0 Å². The first-order chi connectivity index (χ1) is 11.1. The quantitative estimate of drug-likeness (QED) is 0.915. The van der Waals surface area contributed by atoms with Crippen LogP contribution in [0, 0.1) is 0 Å². The lowest BCUT2D eigenvalue weighted by atomic mass is 10.0. The van der Waals surface area contributed by atoms with Crippen LogP contribution >= 0.6 is 11.3 Å². The van der Waals surface area contributed by atoms with Crippen LogP contribution in [0.1, 0.15) is 38.8 Å². The van der Waals surface area contributed by atoms with Gasteiger partial charge in [0.1, 0.15) is 5.82 Å². The average Bonchev–Trinajstić information content (AvgIpc) is 2.97. The lowest BCUT2D eigenvalue weighted by Crippen LogP contribution is -2.26. The normalized spacial score (nSPS) is 13.5. The third kappa shape index (κ3) is 3.88. The molecule has 2 aromatic heterocycles. The molecule has 0 saturated heterocycles. The molecule has 6 heteroatoms. The van der Waals surface area contributed by atoms with Gasteiger partial charge in [0.25, 0.3) is 5.91 Å². The monoisotopic (exact) mass is 330 g/mol. The van der Waals surface area contributed by atoms with E-state index < -0.39 is 0 Å². The lowest BCUT2D eigenvalue weighted by molar-refractivity contribution is 0.0954. The number of aromatic nitrogens is 2. The van der Waals surface area contributed by atoms with E-state index in [1.54, 1.807) is 18.3 Å². The van der Waals surface area contributed by atoms with Crippen molar-refractivity contribution >= 4 is 23.1 Å². The SMILES string of the molecule is CN(C)c1cc(C(=O)NCCc2nc3c(s2)CCCC3)ccn1. The van der Waals surface area contributed by atoms with Gasteiger partial charge in [0, 0.05) is 43.7 Å². The Kier molecular flexibility index (Phi) is 4.91. The molecule has 3 rings (SSSR count). The second-order valence-electron chi connectivity index (χ2n) is 5.99. The van der Waals surface area contributed by atoms with E-state index in [0.717, 1.165) is 23.7 Å². The van der Waals surface area contributed by atoms with Gasteiger partial charge in [-0.2, -0.15) is 0 Å². The van der Waals surface area contributed by atoms with Crippen molar-refractivity contribution in [2.45, 2.75) is 32.1 Å². The van der Waals surface area contributed by atoms with E-state index in [4.69, 9.17) is 4.98 Å². The predicted octanol–water partition coefficient (Wildman–Crippen LogP) is 2.46. The van der Waals surface area contributed by atoms with Crippen LogP contribution in [-0.2, 0) is 19.3 Å². The number of nitrogens with zero attached hydrogens (tertiary/aromatic N) is 3. The molecule has 23 heavy (non-hydrogen) atoms. The summed E-state index contributed by atoms with van der Waals surface area (Å²) in [6.07, 6.45) is 7.28. The van der Waals surface area contributed by atoms with E-state index in [-0.39, 0.29) is 5.91 Å². The molecule has 0 atom stereocenters. The minimum absolute atomic E-state index is 0.0585. The standard InChI is InChI=1S/C17H22N4OS/c1-21(2)15-11-12(7-9-18-15)17(22)19-10-8-16-20-13-5-3-4-6-14(13)23-16/h7,9,11H,3-6,8,10H2,1-2H3,(H,19,22). The van der Waals surface area contributed by atoms with Gasteiger partial charge in [-0.25, -0.2) is 9.97 Å². The molecule has 0 bridgehead atoms. The van der Waals surface area contributed by atoms with E-state index in [2.05, 4.69) is 10.3 Å². The van der Waals surface area contributed by atoms with Crippen molar-refractivity contribution in [2.24, 2.45) is 0 Å². The van der Waals surface area contributed by atoms with Crippen LogP contribution in [0.5, 0.6) is 0 Å². The second kappa shape index (κ2) is 7.08. The summed E-state index contributed by atoms with van der Waals surface area (Å²) in [5, 5.41) is 4.12. The van der Waals surface area contributed by atoms with E-state index in [1.807, 2.05) is 30.3 Å². The zero-order valence-electron chi connectivity index (χ0n) is 13.6.